The van der Waals surface area contributed by atoms with E-state index in [1.165, 1.54) is 18.2 Å². The van der Waals surface area contributed by atoms with Crippen LogP contribution in [0.25, 0.3) is 0 Å². The van der Waals surface area contributed by atoms with E-state index in [2.05, 4.69) is 0 Å². The minimum Gasteiger partial charge on any atom is -0.488 e. The fourth-order valence-corrected chi connectivity index (χ4v) is 2.58. The van der Waals surface area contributed by atoms with Crippen molar-refractivity contribution in [1.29, 1.82) is 0 Å². The monoisotopic (exact) mass is 305 g/mol. The van der Waals surface area contributed by atoms with Crippen molar-refractivity contribution in [3.05, 3.63) is 33.3 Å². The Morgan fingerprint density at radius 1 is 1.53 bits per heavy atom. The van der Waals surface area contributed by atoms with Gasteiger partial charge in [0.15, 0.2) is 0 Å². The molecule has 1 aromatic carbocycles. The standard InChI is InChI=1S/C12H13Cl2NO4/c1-2-18-12-9(14)6-11(12)19-7-3-4-10(15(16)17)8(13)5-7/h3-5,9,11-12H,2,6H2,1H3. The third kappa shape index (κ3) is 3.11. The molecule has 19 heavy (non-hydrogen) atoms. The smallest absolute Gasteiger partial charge is 0.288 e. The Labute approximate surface area is 120 Å². The molecule has 2 rings (SSSR count). The molecule has 1 saturated carbocycles. The van der Waals surface area contributed by atoms with Crippen LogP contribution in [0.15, 0.2) is 18.2 Å². The van der Waals surface area contributed by atoms with E-state index in [1.54, 1.807) is 0 Å². The van der Waals surface area contributed by atoms with Crippen molar-refractivity contribution >= 4 is 28.9 Å². The Balaban J connectivity index is 2.04. The number of nitrogens with zero attached hydrogens (tertiary/aromatic N) is 1. The van der Waals surface area contributed by atoms with E-state index in [9.17, 15) is 10.1 Å². The highest BCUT2D eigenvalue weighted by atomic mass is 35.5. The number of alkyl halides is 1. The van der Waals surface area contributed by atoms with Crippen LogP contribution >= 0.6 is 23.2 Å². The number of nitro groups is 1. The first-order chi connectivity index (χ1) is 9.02. The van der Waals surface area contributed by atoms with E-state index in [-0.39, 0.29) is 28.3 Å². The predicted octanol–water partition coefficient (Wildman–Crippen LogP) is 3.41. The van der Waals surface area contributed by atoms with Crippen molar-refractivity contribution in [2.24, 2.45) is 0 Å². The van der Waals surface area contributed by atoms with Gasteiger partial charge in [-0.05, 0) is 13.0 Å². The van der Waals surface area contributed by atoms with Gasteiger partial charge < -0.3 is 9.47 Å². The van der Waals surface area contributed by atoms with Crippen LogP contribution in [0.2, 0.25) is 5.02 Å². The molecule has 3 atom stereocenters. The van der Waals surface area contributed by atoms with Crippen molar-refractivity contribution in [3.63, 3.8) is 0 Å². The highest BCUT2D eigenvalue weighted by Crippen LogP contribution is 2.35. The molecule has 0 N–H and O–H groups in total. The zero-order valence-corrected chi connectivity index (χ0v) is 11.7. The van der Waals surface area contributed by atoms with E-state index in [0.717, 1.165) is 0 Å². The highest BCUT2D eigenvalue weighted by molar-refractivity contribution is 6.32. The average molecular weight is 306 g/mol. The van der Waals surface area contributed by atoms with Gasteiger partial charge in [0.25, 0.3) is 5.69 Å². The first-order valence-electron chi connectivity index (χ1n) is 5.89. The Morgan fingerprint density at radius 3 is 2.79 bits per heavy atom. The summed E-state index contributed by atoms with van der Waals surface area (Å²) in [6, 6.07) is 4.28. The molecule has 3 unspecified atom stereocenters. The Morgan fingerprint density at radius 2 is 2.26 bits per heavy atom. The van der Waals surface area contributed by atoms with Gasteiger partial charge in [0.2, 0.25) is 0 Å². The van der Waals surface area contributed by atoms with Gasteiger partial charge in [0.05, 0.1) is 10.3 Å². The number of halogens is 2. The second-order valence-electron chi connectivity index (χ2n) is 4.20. The highest BCUT2D eigenvalue weighted by Gasteiger charge is 2.42. The summed E-state index contributed by atoms with van der Waals surface area (Å²) in [6.45, 7) is 2.45. The fraction of sp³-hybridized carbons (Fsp3) is 0.500. The van der Waals surface area contributed by atoms with E-state index >= 15 is 0 Å². The molecule has 1 aliphatic carbocycles. The molecule has 0 aliphatic heterocycles. The number of hydrogen-bond acceptors (Lipinski definition) is 4. The zero-order chi connectivity index (χ0) is 14.0. The number of hydrogen-bond donors (Lipinski definition) is 0. The van der Waals surface area contributed by atoms with Crippen molar-refractivity contribution in [2.45, 2.75) is 30.9 Å². The Bertz CT molecular complexity index is 483. The largest absolute Gasteiger partial charge is 0.488 e. The van der Waals surface area contributed by atoms with Crippen LogP contribution in [0.1, 0.15) is 13.3 Å². The summed E-state index contributed by atoms with van der Waals surface area (Å²) in [5, 5.41) is 10.6. The summed E-state index contributed by atoms with van der Waals surface area (Å²) in [6.07, 6.45) is 0.390. The van der Waals surface area contributed by atoms with Gasteiger partial charge in [-0.25, -0.2) is 0 Å². The number of rotatable bonds is 5. The second kappa shape index (κ2) is 5.94. The lowest BCUT2D eigenvalue weighted by Gasteiger charge is -2.40. The van der Waals surface area contributed by atoms with Gasteiger partial charge in [0, 0.05) is 25.2 Å². The third-order valence-electron chi connectivity index (χ3n) is 2.94. The molecule has 0 bridgehead atoms. The van der Waals surface area contributed by atoms with E-state index in [4.69, 9.17) is 32.7 Å². The maximum atomic E-state index is 10.6. The molecule has 0 saturated heterocycles. The Hall–Kier alpha value is -1.04. The Kier molecular flexibility index (Phi) is 4.50. The zero-order valence-electron chi connectivity index (χ0n) is 10.2. The first kappa shape index (κ1) is 14.4. The molecule has 1 aromatic rings. The van der Waals surface area contributed by atoms with E-state index < -0.39 is 4.92 Å². The van der Waals surface area contributed by atoms with Crippen LogP contribution in [-0.4, -0.2) is 29.1 Å². The van der Waals surface area contributed by atoms with Gasteiger partial charge in [-0.15, -0.1) is 11.6 Å². The molecule has 104 valence electrons. The van der Waals surface area contributed by atoms with Gasteiger partial charge in [0.1, 0.15) is 23.0 Å². The number of nitro benzene ring substituents is 1. The summed E-state index contributed by atoms with van der Waals surface area (Å²) in [4.78, 5) is 10.1. The van der Waals surface area contributed by atoms with Gasteiger partial charge in [-0.3, -0.25) is 10.1 Å². The van der Waals surface area contributed by atoms with Crippen molar-refractivity contribution in [1.82, 2.24) is 0 Å². The van der Waals surface area contributed by atoms with E-state index in [1.807, 2.05) is 6.92 Å². The molecular formula is C12H13Cl2NO4. The molecule has 7 heteroatoms. The fourth-order valence-electron chi connectivity index (χ4n) is 1.93. The van der Waals surface area contributed by atoms with Gasteiger partial charge >= 0.3 is 0 Å². The summed E-state index contributed by atoms with van der Waals surface area (Å²) in [7, 11) is 0. The van der Waals surface area contributed by atoms with Crippen molar-refractivity contribution in [3.8, 4) is 5.75 Å². The molecule has 5 nitrogen and oxygen atoms in total. The molecule has 0 heterocycles. The SMILES string of the molecule is CCOC1C(Cl)CC1Oc1ccc([N+](=O)[O-])c(Cl)c1. The summed E-state index contributed by atoms with van der Waals surface area (Å²) in [5.74, 6) is 0.480. The van der Waals surface area contributed by atoms with Crippen molar-refractivity contribution in [2.75, 3.05) is 6.61 Å². The molecular weight excluding hydrogens is 293 g/mol. The summed E-state index contributed by atoms with van der Waals surface area (Å²) < 4.78 is 11.2. The first-order valence-corrected chi connectivity index (χ1v) is 6.70. The van der Waals surface area contributed by atoms with Crippen LogP contribution in [-0.2, 0) is 4.74 Å². The summed E-state index contributed by atoms with van der Waals surface area (Å²) in [5.41, 5.74) is -0.140. The lowest BCUT2D eigenvalue weighted by atomic mass is 9.91. The lowest BCUT2D eigenvalue weighted by Crippen LogP contribution is -2.52. The van der Waals surface area contributed by atoms with Crippen LogP contribution in [0, 0.1) is 10.1 Å². The number of ether oxygens (including phenoxy) is 2. The van der Waals surface area contributed by atoms with Crippen LogP contribution in [0.5, 0.6) is 5.75 Å². The average Bonchev–Trinajstić information content (AvgIpc) is 2.35. The minimum absolute atomic E-state index is 0.0530. The van der Waals surface area contributed by atoms with Crippen LogP contribution < -0.4 is 4.74 Å². The maximum absolute atomic E-state index is 10.6. The van der Waals surface area contributed by atoms with Crippen LogP contribution in [0.4, 0.5) is 5.69 Å². The normalized spacial score (nSPS) is 25.7. The van der Waals surface area contributed by atoms with E-state index in [0.29, 0.717) is 18.8 Å². The second-order valence-corrected chi connectivity index (χ2v) is 5.17. The van der Waals surface area contributed by atoms with Gasteiger partial charge in [-0.1, -0.05) is 11.6 Å². The predicted molar refractivity (Wildman–Crippen MR) is 72.2 cm³/mol. The number of benzene rings is 1. The molecule has 0 spiro atoms. The van der Waals surface area contributed by atoms with Crippen LogP contribution in [0.3, 0.4) is 0 Å². The maximum Gasteiger partial charge on any atom is 0.288 e. The minimum atomic E-state index is -0.534. The third-order valence-corrected chi connectivity index (χ3v) is 3.67. The topological polar surface area (TPSA) is 61.6 Å². The molecule has 0 radical (unpaired) electrons. The molecule has 1 fully saturated rings. The lowest BCUT2D eigenvalue weighted by molar-refractivity contribution is -0.384. The molecule has 0 aromatic heterocycles. The quantitative estimate of drug-likeness (QED) is 0.475. The van der Waals surface area contributed by atoms with Gasteiger partial charge in [-0.2, -0.15) is 0 Å². The molecule has 1 aliphatic rings. The summed E-state index contributed by atoms with van der Waals surface area (Å²) >= 11 is 11.8. The van der Waals surface area contributed by atoms with Crippen molar-refractivity contribution < 1.29 is 14.4 Å². The molecule has 0 amide bonds.